The largest absolute Gasteiger partial charge is 0.454 e. The minimum atomic E-state index is -0.0406. The number of pyridine rings is 1. The molecule has 1 aromatic carbocycles. The molecule has 0 aliphatic carbocycles. The molecule has 1 atom stereocenters. The van der Waals surface area contributed by atoms with Crippen molar-refractivity contribution in [1.29, 1.82) is 0 Å². The van der Waals surface area contributed by atoms with Gasteiger partial charge in [-0.15, -0.1) is 0 Å². The first kappa shape index (κ1) is 15.5. The molecule has 3 aromatic rings. The summed E-state index contributed by atoms with van der Waals surface area (Å²) in [5.74, 6) is 1.41. The highest BCUT2D eigenvalue weighted by molar-refractivity contribution is 5.83. The summed E-state index contributed by atoms with van der Waals surface area (Å²) in [6.07, 6.45) is 6.07. The molecule has 7 heteroatoms. The van der Waals surface area contributed by atoms with Crippen molar-refractivity contribution in [3.05, 3.63) is 52.6 Å². The third-order valence-corrected chi connectivity index (χ3v) is 5.24. The van der Waals surface area contributed by atoms with E-state index in [1.807, 2.05) is 35.1 Å². The van der Waals surface area contributed by atoms with Crippen molar-refractivity contribution in [3.8, 4) is 11.5 Å². The van der Waals surface area contributed by atoms with Gasteiger partial charge in [0.15, 0.2) is 11.5 Å². The second kappa shape index (κ2) is 6.17. The van der Waals surface area contributed by atoms with Gasteiger partial charge in [0, 0.05) is 42.0 Å². The van der Waals surface area contributed by atoms with Gasteiger partial charge in [0.25, 0.3) is 5.56 Å². The van der Waals surface area contributed by atoms with E-state index in [-0.39, 0.29) is 12.4 Å². The summed E-state index contributed by atoms with van der Waals surface area (Å²) in [4.78, 5) is 17.9. The van der Waals surface area contributed by atoms with Gasteiger partial charge < -0.3 is 14.5 Å². The van der Waals surface area contributed by atoms with Crippen LogP contribution in [0.5, 0.6) is 11.5 Å². The first-order valence-electron chi connectivity index (χ1n) is 8.93. The van der Waals surface area contributed by atoms with Gasteiger partial charge in [-0.3, -0.25) is 14.4 Å². The molecule has 26 heavy (non-hydrogen) atoms. The molecule has 4 heterocycles. The minimum absolute atomic E-state index is 0.0406. The smallest absolute Gasteiger partial charge is 0.252 e. The summed E-state index contributed by atoms with van der Waals surface area (Å²) in [5, 5.41) is 5.27. The van der Waals surface area contributed by atoms with E-state index in [1.165, 1.54) is 0 Å². The van der Waals surface area contributed by atoms with Crippen LogP contribution in [0.3, 0.4) is 0 Å². The molecule has 5 rings (SSSR count). The summed E-state index contributed by atoms with van der Waals surface area (Å²) in [6.45, 7) is 2.74. The van der Waals surface area contributed by atoms with Gasteiger partial charge in [0.05, 0.1) is 12.1 Å². The molecule has 1 fully saturated rings. The predicted molar refractivity (Wildman–Crippen MR) is 96.4 cm³/mol. The zero-order valence-corrected chi connectivity index (χ0v) is 14.4. The Hall–Kier alpha value is -2.80. The molecule has 0 saturated carbocycles. The predicted octanol–water partition coefficient (Wildman–Crippen LogP) is 2.12. The first-order valence-corrected chi connectivity index (χ1v) is 8.93. The number of hydrogen-bond acceptors (Lipinski definition) is 5. The third-order valence-electron chi connectivity index (χ3n) is 5.24. The molecule has 1 unspecified atom stereocenters. The first-order chi connectivity index (χ1) is 12.8. The second-order valence-corrected chi connectivity index (χ2v) is 6.91. The zero-order chi connectivity index (χ0) is 17.5. The van der Waals surface area contributed by atoms with Gasteiger partial charge >= 0.3 is 0 Å². The van der Waals surface area contributed by atoms with E-state index in [9.17, 15) is 4.79 Å². The fraction of sp³-hybridized carbons (Fsp3) is 0.368. The molecule has 7 nitrogen and oxygen atoms in total. The molecular formula is C19H20N4O3. The number of aromatic amines is 1. The summed E-state index contributed by atoms with van der Waals surface area (Å²) in [7, 11) is 0. The number of rotatable bonds is 4. The lowest BCUT2D eigenvalue weighted by atomic mass is 10.1. The van der Waals surface area contributed by atoms with Crippen molar-refractivity contribution in [2.24, 2.45) is 0 Å². The van der Waals surface area contributed by atoms with Gasteiger partial charge in [0.1, 0.15) is 0 Å². The number of nitrogens with one attached hydrogen (secondary N) is 1. The molecule has 0 radical (unpaired) electrons. The average molecular weight is 352 g/mol. The Balaban J connectivity index is 1.42. The summed E-state index contributed by atoms with van der Waals surface area (Å²) in [6, 6.07) is 8.08. The van der Waals surface area contributed by atoms with Crippen LogP contribution in [-0.4, -0.2) is 39.0 Å². The molecule has 2 aromatic heterocycles. The van der Waals surface area contributed by atoms with E-state index in [2.05, 4.69) is 15.0 Å². The zero-order valence-electron chi connectivity index (χ0n) is 14.4. The van der Waals surface area contributed by atoms with Gasteiger partial charge in [-0.2, -0.15) is 5.10 Å². The number of benzene rings is 1. The van der Waals surface area contributed by atoms with Crippen molar-refractivity contribution in [2.75, 3.05) is 13.3 Å². The van der Waals surface area contributed by atoms with Crippen LogP contribution in [0.15, 0.2) is 41.5 Å². The van der Waals surface area contributed by atoms with E-state index >= 15 is 0 Å². The van der Waals surface area contributed by atoms with Gasteiger partial charge in [0.2, 0.25) is 6.79 Å². The Morgan fingerprint density at radius 3 is 2.96 bits per heavy atom. The second-order valence-electron chi connectivity index (χ2n) is 6.91. The fourth-order valence-electron chi connectivity index (χ4n) is 3.91. The molecule has 2 aliphatic rings. The fourth-order valence-corrected chi connectivity index (χ4v) is 3.91. The Morgan fingerprint density at radius 2 is 2.12 bits per heavy atom. The van der Waals surface area contributed by atoms with Crippen LogP contribution in [0.4, 0.5) is 0 Å². The van der Waals surface area contributed by atoms with E-state index in [0.717, 1.165) is 48.1 Å². The highest BCUT2D eigenvalue weighted by Crippen LogP contribution is 2.35. The highest BCUT2D eigenvalue weighted by atomic mass is 16.7. The quantitative estimate of drug-likeness (QED) is 0.779. The van der Waals surface area contributed by atoms with Crippen LogP contribution < -0.4 is 15.0 Å². The van der Waals surface area contributed by atoms with Crippen LogP contribution in [0, 0.1) is 0 Å². The SMILES string of the molecule is O=c1[nH]c2cc3c(cc2cc1CN1CCCC1Cn1cccn1)OCO3. The number of aromatic nitrogens is 3. The average Bonchev–Trinajstić information content (AvgIpc) is 3.37. The normalized spacial score (nSPS) is 19.5. The van der Waals surface area contributed by atoms with Gasteiger partial charge in [-0.05, 0) is 37.6 Å². The maximum Gasteiger partial charge on any atom is 0.252 e. The molecule has 1 saturated heterocycles. The molecule has 0 bridgehead atoms. The number of ether oxygens (including phenoxy) is 2. The number of likely N-dealkylation sites (tertiary alicyclic amines) is 1. The Morgan fingerprint density at radius 1 is 1.23 bits per heavy atom. The van der Waals surface area contributed by atoms with Crippen LogP contribution in [0.2, 0.25) is 0 Å². The molecule has 1 N–H and O–H groups in total. The molecular weight excluding hydrogens is 332 g/mol. The third kappa shape index (κ3) is 2.74. The number of nitrogens with zero attached hydrogens (tertiary/aromatic N) is 3. The van der Waals surface area contributed by atoms with Crippen LogP contribution in [0.1, 0.15) is 18.4 Å². The molecule has 0 spiro atoms. The van der Waals surface area contributed by atoms with E-state index in [0.29, 0.717) is 18.3 Å². The van der Waals surface area contributed by atoms with Crippen molar-refractivity contribution in [1.82, 2.24) is 19.7 Å². The topological polar surface area (TPSA) is 72.4 Å². The number of fused-ring (bicyclic) bond motifs is 2. The lowest BCUT2D eigenvalue weighted by Gasteiger charge is -2.24. The van der Waals surface area contributed by atoms with Crippen molar-refractivity contribution < 1.29 is 9.47 Å². The molecule has 2 aliphatic heterocycles. The lowest BCUT2D eigenvalue weighted by molar-refractivity contribution is 0.174. The standard InChI is InChI=1S/C19H20N4O3/c24-19-14(7-13-8-17-18(26-12-25-17)9-16(13)21-19)10-22-5-1-3-15(22)11-23-6-2-4-20-23/h2,4,6-9,15H,1,3,5,10-12H2,(H,21,24). The van der Waals surface area contributed by atoms with Crippen LogP contribution >= 0.6 is 0 Å². The van der Waals surface area contributed by atoms with E-state index in [1.54, 1.807) is 6.20 Å². The molecule has 134 valence electrons. The van der Waals surface area contributed by atoms with E-state index in [4.69, 9.17) is 9.47 Å². The highest BCUT2D eigenvalue weighted by Gasteiger charge is 2.26. The minimum Gasteiger partial charge on any atom is -0.454 e. The van der Waals surface area contributed by atoms with Crippen molar-refractivity contribution >= 4 is 10.9 Å². The van der Waals surface area contributed by atoms with Gasteiger partial charge in [-0.1, -0.05) is 0 Å². The van der Waals surface area contributed by atoms with E-state index < -0.39 is 0 Å². The monoisotopic (exact) mass is 352 g/mol. The van der Waals surface area contributed by atoms with Crippen molar-refractivity contribution in [2.45, 2.75) is 32.0 Å². The number of H-pyrrole nitrogens is 1. The summed E-state index contributed by atoms with van der Waals surface area (Å²) >= 11 is 0. The maximum absolute atomic E-state index is 12.6. The van der Waals surface area contributed by atoms with Gasteiger partial charge in [-0.25, -0.2) is 0 Å². The maximum atomic E-state index is 12.6. The van der Waals surface area contributed by atoms with Crippen LogP contribution in [-0.2, 0) is 13.1 Å². The summed E-state index contributed by atoms with van der Waals surface area (Å²) in [5.41, 5.74) is 1.52. The van der Waals surface area contributed by atoms with Crippen molar-refractivity contribution in [3.63, 3.8) is 0 Å². The van der Waals surface area contributed by atoms with Crippen LogP contribution in [0.25, 0.3) is 10.9 Å². The Bertz CT molecular complexity index is 996. The summed E-state index contributed by atoms with van der Waals surface area (Å²) < 4.78 is 12.8. The Kier molecular flexibility index (Phi) is 3.67. The number of hydrogen-bond donors (Lipinski definition) is 1. The molecule has 0 amide bonds. The Labute approximate surface area is 150 Å². The lowest BCUT2D eigenvalue weighted by Crippen LogP contribution is -2.34.